The van der Waals surface area contributed by atoms with Gasteiger partial charge in [0.25, 0.3) is 0 Å². The maximum atomic E-state index is 4.69. The highest BCUT2D eigenvalue weighted by atomic mass is 15.3. The third-order valence-corrected chi connectivity index (χ3v) is 4.52. The van der Waals surface area contributed by atoms with Gasteiger partial charge in [-0.15, -0.1) is 0 Å². The zero-order valence-electron chi connectivity index (χ0n) is 15.6. The lowest BCUT2D eigenvalue weighted by molar-refractivity contribution is 0.192. The molecule has 0 aliphatic carbocycles. The van der Waals surface area contributed by atoms with Crippen molar-refractivity contribution >= 4 is 5.96 Å². The van der Waals surface area contributed by atoms with Gasteiger partial charge in [0.15, 0.2) is 5.96 Å². The molecule has 6 nitrogen and oxygen atoms in total. The molecular weight excluding hydrogens is 300 g/mol. The van der Waals surface area contributed by atoms with Crippen LogP contribution >= 0.6 is 0 Å². The average molecular weight is 335 g/mol. The van der Waals surface area contributed by atoms with E-state index in [1.54, 1.807) is 0 Å². The van der Waals surface area contributed by atoms with Gasteiger partial charge < -0.3 is 15.5 Å². The molecule has 0 amide bonds. The van der Waals surface area contributed by atoms with Gasteiger partial charge in [-0.3, -0.25) is 9.67 Å². The molecule has 0 saturated carbocycles. The van der Waals surface area contributed by atoms with Crippen molar-refractivity contribution in [2.45, 2.75) is 46.6 Å². The fourth-order valence-electron chi connectivity index (χ4n) is 2.99. The molecule has 1 aromatic heterocycles. The highest BCUT2D eigenvalue weighted by Gasteiger charge is 2.14. The zero-order valence-corrected chi connectivity index (χ0v) is 15.6. The lowest BCUT2D eigenvalue weighted by Gasteiger charge is -2.29. The van der Waals surface area contributed by atoms with E-state index < -0.39 is 0 Å². The monoisotopic (exact) mass is 334 g/mol. The molecule has 0 aromatic carbocycles. The van der Waals surface area contributed by atoms with Crippen molar-refractivity contribution in [3.8, 4) is 0 Å². The summed E-state index contributed by atoms with van der Waals surface area (Å²) in [6.45, 7) is 13.6. The summed E-state index contributed by atoms with van der Waals surface area (Å²) in [7, 11) is 0. The van der Waals surface area contributed by atoms with Crippen LogP contribution in [0, 0.1) is 12.8 Å². The molecule has 1 aliphatic rings. The molecule has 0 radical (unpaired) electrons. The van der Waals surface area contributed by atoms with Crippen molar-refractivity contribution in [1.29, 1.82) is 0 Å². The number of rotatable bonds is 8. The van der Waals surface area contributed by atoms with Crippen LogP contribution in [-0.2, 0) is 6.54 Å². The molecule has 1 aromatic rings. The SMILES string of the molecule is CCNC(=NCCCN1CCC(C)CC1)NCCn1cc(C)cn1. The Morgan fingerprint density at radius 2 is 2.08 bits per heavy atom. The lowest BCUT2D eigenvalue weighted by atomic mass is 9.99. The molecule has 1 saturated heterocycles. The Morgan fingerprint density at radius 1 is 1.29 bits per heavy atom. The molecule has 2 heterocycles. The van der Waals surface area contributed by atoms with Crippen molar-refractivity contribution in [2.75, 3.05) is 39.3 Å². The minimum Gasteiger partial charge on any atom is -0.357 e. The highest BCUT2D eigenvalue weighted by molar-refractivity contribution is 5.79. The maximum absolute atomic E-state index is 4.69. The number of nitrogens with zero attached hydrogens (tertiary/aromatic N) is 4. The van der Waals surface area contributed by atoms with Crippen LogP contribution in [0.2, 0.25) is 0 Å². The molecule has 0 unspecified atom stereocenters. The molecule has 24 heavy (non-hydrogen) atoms. The average Bonchev–Trinajstić information content (AvgIpc) is 2.98. The number of hydrogen-bond donors (Lipinski definition) is 2. The quantitative estimate of drug-likeness (QED) is 0.433. The number of likely N-dealkylation sites (tertiary alicyclic amines) is 1. The van der Waals surface area contributed by atoms with Gasteiger partial charge in [-0.1, -0.05) is 6.92 Å². The van der Waals surface area contributed by atoms with Crippen LogP contribution < -0.4 is 10.6 Å². The molecule has 0 atom stereocenters. The smallest absolute Gasteiger partial charge is 0.191 e. The second-order valence-corrected chi connectivity index (χ2v) is 6.85. The summed E-state index contributed by atoms with van der Waals surface area (Å²) in [5.74, 6) is 1.82. The third-order valence-electron chi connectivity index (χ3n) is 4.52. The number of nitrogens with one attached hydrogen (secondary N) is 2. The van der Waals surface area contributed by atoms with E-state index in [9.17, 15) is 0 Å². The fraction of sp³-hybridized carbons (Fsp3) is 0.778. The Morgan fingerprint density at radius 3 is 2.75 bits per heavy atom. The van der Waals surface area contributed by atoms with Gasteiger partial charge >= 0.3 is 0 Å². The Labute approximate surface area is 146 Å². The highest BCUT2D eigenvalue weighted by Crippen LogP contribution is 2.15. The standard InChI is InChI=1S/C18H34N6/c1-4-19-18(21-9-13-24-15-17(3)14-22-24)20-8-5-10-23-11-6-16(2)7-12-23/h14-16H,4-13H2,1-3H3,(H2,19,20,21). The normalized spacial score (nSPS) is 17.2. The van der Waals surface area contributed by atoms with Gasteiger partial charge in [-0.05, 0) is 64.2 Å². The summed E-state index contributed by atoms with van der Waals surface area (Å²) in [6.07, 6.45) is 7.77. The Bertz CT molecular complexity index is 487. The molecule has 2 rings (SSSR count). The van der Waals surface area contributed by atoms with Crippen LogP contribution in [-0.4, -0.2) is 59.9 Å². The number of aromatic nitrogens is 2. The first-order valence-electron chi connectivity index (χ1n) is 9.41. The summed E-state index contributed by atoms with van der Waals surface area (Å²) in [5.41, 5.74) is 1.20. The van der Waals surface area contributed by atoms with Gasteiger partial charge in [0.1, 0.15) is 0 Å². The van der Waals surface area contributed by atoms with Gasteiger partial charge in [0, 0.05) is 25.8 Å². The molecule has 1 aliphatic heterocycles. The van der Waals surface area contributed by atoms with E-state index in [0.717, 1.165) is 44.5 Å². The minimum atomic E-state index is 0.830. The van der Waals surface area contributed by atoms with Crippen LogP contribution in [0.4, 0.5) is 0 Å². The maximum Gasteiger partial charge on any atom is 0.191 e. The van der Waals surface area contributed by atoms with E-state index in [1.807, 2.05) is 10.9 Å². The van der Waals surface area contributed by atoms with Crippen molar-refractivity contribution in [1.82, 2.24) is 25.3 Å². The van der Waals surface area contributed by atoms with Gasteiger partial charge in [0.2, 0.25) is 0 Å². The van der Waals surface area contributed by atoms with E-state index in [2.05, 4.69) is 52.6 Å². The van der Waals surface area contributed by atoms with Crippen LogP contribution in [0.15, 0.2) is 17.4 Å². The predicted molar refractivity (Wildman–Crippen MR) is 100 cm³/mol. The van der Waals surface area contributed by atoms with E-state index >= 15 is 0 Å². The van der Waals surface area contributed by atoms with Gasteiger partial charge in [-0.2, -0.15) is 5.10 Å². The third kappa shape index (κ3) is 6.91. The van der Waals surface area contributed by atoms with Crippen LogP contribution in [0.5, 0.6) is 0 Å². The first-order valence-corrected chi connectivity index (χ1v) is 9.41. The summed E-state index contributed by atoms with van der Waals surface area (Å²) in [6, 6.07) is 0. The summed E-state index contributed by atoms with van der Waals surface area (Å²) < 4.78 is 1.96. The number of guanidine groups is 1. The Hall–Kier alpha value is -1.56. The van der Waals surface area contributed by atoms with Gasteiger partial charge in [0.05, 0.1) is 12.7 Å². The summed E-state index contributed by atoms with van der Waals surface area (Å²) in [4.78, 5) is 7.27. The summed E-state index contributed by atoms with van der Waals surface area (Å²) in [5, 5.41) is 11.0. The van der Waals surface area contributed by atoms with Crippen LogP contribution in [0.1, 0.15) is 38.7 Å². The molecule has 0 spiro atoms. The predicted octanol–water partition coefficient (Wildman–Crippen LogP) is 1.87. The topological polar surface area (TPSA) is 57.5 Å². The van der Waals surface area contributed by atoms with Crippen molar-refractivity contribution in [3.63, 3.8) is 0 Å². The second kappa shape index (κ2) is 10.3. The zero-order chi connectivity index (χ0) is 17.2. The van der Waals surface area contributed by atoms with E-state index in [1.165, 1.54) is 38.0 Å². The molecule has 0 bridgehead atoms. The summed E-state index contributed by atoms with van der Waals surface area (Å²) >= 11 is 0. The van der Waals surface area contributed by atoms with E-state index in [4.69, 9.17) is 0 Å². The first kappa shape index (κ1) is 18.8. The number of hydrogen-bond acceptors (Lipinski definition) is 3. The largest absolute Gasteiger partial charge is 0.357 e. The van der Waals surface area contributed by atoms with Crippen molar-refractivity contribution in [2.24, 2.45) is 10.9 Å². The molecule has 2 N–H and O–H groups in total. The molecule has 136 valence electrons. The Balaban J connectivity index is 1.64. The van der Waals surface area contributed by atoms with Crippen LogP contribution in [0.3, 0.4) is 0 Å². The van der Waals surface area contributed by atoms with Crippen LogP contribution in [0.25, 0.3) is 0 Å². The fourth-order valence-corrected chi connectivity index (χ4v) is 2.99. The number of piperidine rings is 1. The molecule has 6 heteroatoms. The second-order valence-electron chi connectivity index (χ2n) is 6.85. The van der Waals surface area contributed by atoms with Crippen molar-refractivity contribution in [3.05, 3.63) is 18.0 Å². The first-order chi connectivity index (χ1) is 11.7. The molecule has 1 fully saturated rings. The Kier molecular flexibility index (Phi) is 8.08. The number of aryl methyl sites for hydroxylation is 1. The molecular formula is C18H34N6. The van der Waals surface area contributed by atoms with E-state index in [-0.39, 0.29) is 0 Å². The van der Waals surface area contributed by atoms with Crippen molar-refractivity contribution < 1.29 is 0 Å². The lowest BCUT2D eigenvalue weighted by Crippen LogP contribution is -2.39. The van der Waals surface area contributed by atoms with E-state index in [0.29, 0.717) is 0 Å². The minimum absolute atomic E-state index is 0.830. The number of aliphatic imine (C=N–C) groups is 1. The van der Waals surface area contributed by atoms with Gasteiger partial charge in [-0.25, -0.2) is 0 Å².